The first kappa shape index (κ1) is 51.9. The van der Waals surface area contributed by atoms with Crippen molar-refractivity contribution in [1.82, 2.24) is 5.32 Å². The molecule has 1 heterocycles. The fraction of sp³-hybridized carbons (Fsp3) is 0.935. The minimum absolute atomic E-state index is 0.174. The van der Waals surface area contributed by atoms with Gasteiger partial charge in [0, 0.05) is 6.42 Å². The third kappa shape index (κ3) is 28.1. The largest absolute Gasteiger partial charge is 0.394 e. The van der Waals surface area contributed by atoms with Gasteiger partial charge in [-0.2, -0.15) is 0 Å². The second-order valence-corrected chi connectivity index (χ2v) is 16.6. The van der Waals surface area contributed by atoms with E-state index in [9.17, 15) is 30.3 Å². The molecule has 0 bridgehead atoms. The summed E-state index contributed by atoms with van der Waals surface area (Å²) in [6.07, 6.45) is 35.4. The zero-order valence-electron chi connectivity index (χ0n) is 35.7. The predicted octanol–water partition coefficient (Wildman–Crippen LogP) is 9.73. The number of aliphatic hydroxyl groups is 5. The topological polar surface area (TPSA) is 149 Å². The lowest BCUT2D eigenvalue weighted by Crippen LogP contribution is -2.60. The van der Waals surface area contributed by atoms with Crippen LogP contribution in [0.1, 0.15) is 219 Å². The summed E-state index contributed by atoms with van der Waals surface area (Å²) in [5.41, 5.74) is 0. The van der Waals surface area contributed by atoms with Gasteiger partial charge in [-0.3, -0.25) is 4.79 Å². The number of unbranched alkanes of at least 4 members (excludes halogenated alkanes) is 29. The Morgan fingerprint density at radius 2 is 1.00 bits per heavy atom. The molecule has 7 unspecified atom stereocenters. The van der Waals surface area contributed by atoms with E-state index >= 15 is 0 Å². The number of rotatable bonds is 39. The van der Waals surface area contributed by atoms with Crippen LogP contribution in [0.2, 0.25) is 0 Å². The molecule has 1 saturated heterocycles. The summed E-state index contributed by atoms with van der Waals surface area (Å²) >= 11 is 0. The molecule has 1 aliphatic rings. The van der Waals surface area contributed by atoms with Gasteiger partial charge >= 0.3 is 0 Å². The highest BCUT2D eigenvalue weighted by Gasteiger charge is 2.44. The predicted molar refractivity (Wildman–Crippen MR) is 226 cm³/mol. The summed E-state index contributed by atoms with van der Waals surface area (Å²) in [5, 5.41) is 54.1. The lowest BCUT2D eigenvalue weighted by atomic mass is 9.99. The van der Waals surface area contributed by atoms with E-state index in [-0.39, 0.29) is 12.5 Å². The number of carbonyl (C=O) groups excluding carboxylic acids is 1. The quantitative estimate of drug-likeness (QED) is 0.0267. The lowest BCUT2D eigenvalue weighted by molar-refractivity contribution is -0.302. The van der Waals surface area contributed by atoms with Gasteiger partial charge in [0.25, 0.3) is 0 Å². The molecule has 0 saturated carbocycles. The third-order valence-electron chi connectivity index (χ3n) is 11.4. The molecule has 0 aromatic rings. The first-order valence-corrected chi connectivity index (χ1v) is 23.4. The normalized spacial score (nSPS) is 21.3. The molecule has 0 spiro atoms. The van der Waals surface area contributed by atoms with Gasteiger partial charge in [-0.05, 0) is 19.3 Å². The Morgan fingerprint density at radius 1 is 0.600 bits per heavy atom. The number of amides is 1. The molecule has 1 amide bonds. The van der Waals surface area contributed by atoms with Crippen molar-refractivity contribution in [1.29, 1.82) is 0 Å². The minimum atomic E-state index is -1.56. The van der Waals surface area contributed by atoms with E-state index in [1.54, 1.807) is 6.08 Å². The smallest absolute Gasteiger partial charge is 0.220 e. The van der Waals surface area contributed by atoms with E-state index in [1.165, 1.54) is 161 Å². The Labute approximate surface area is 337 Å². The molecule has 9 nitrogen and oxygen atoms in total. The third-order valence-corrected chi connectivity index (χ3v) is 11.4. The van der Waals surface area contributed by atoms with E-state index in [2.05, 4.69) is 19.2 Å². The fourth-order valence-corrected chi connectivity index (χ4v) is 7.57. The van der Waals surface area contributed by atoms with Crippen LogP contribution < -0.4 is 5.32 Å². The number of hydrogen-bond acceptors (Lipinski definition) is 8. The summed E-state index contributed by atoms with van der Waals surface area (Å²) in [7, 11) is 0. The molecule has 1 rings (SSSR count). The van der Waals surface area contributed by atoms with Crippen LogP contribution in [-0.4, -0.2) is 87.5 Å². The summed E-state index contributed by atoms with van der Waals surface area (Å²) in [6.45, 7) is 3.78. The highest BCUT2D eigenvalue weighted by Crippen LogP contribution is 2.23. The van der Waals surface area contributed by atoms with Gasteiger partial charge in [-0.1, -0.05) is 206 Å². The van der Waals surface area contributed by atoms with E-state index in [4.69, 9.17) is 9.47 Å². The molecule has 7 atom stereocenters. The number of hydrogen-bond donors (Lipinski definition) is 6. The van der Waals surface area contributed by atoms with Gasteiger partial charge in [-0.15, -0.1) is 0 Å². The average Bonchev–Trinajstić information content (AvgIpc) is 3.18. The van der Waals surface area contributed by atoms with Crippen LogP contribution in [0.15, 0.2) is 12.2 Å². The molecule has 9 heteroatoms. The van der Waals surface area contributed by atoms with Gasteiger partial charge in [0.15, 0.2) is 6.29 Å². The van der Waals surface area contributed by atoms with E-state index in [0.717, 1.165) is 38.5 Å². The molecule has 0 aromatic carbocycles. The molecule has 1 fully saturated rings. The van der Waals surface area contributed by atoms with Crippen LogP contribution in [0, 0.1) is 0 Å². The summed E-state index contributed by atoms with van der Waals surface area (Å²) < 4.78 is 11.2. The molecule has 0 radical (unpaired) electrons. The maximum absolute atomic E-state index is 12.9. The molecule has 0 aromatic heterocycles. The zero-order valence-corrected chi connectivity index (χ0v) is 35.7. The van der Waals surface area contributed by atoms with Crippen molar-refractivity contribution in [2.24, 2.45) is 0 Å². The standard InChI is InChI=1S/C46H89NO8/c1-3-5-7-9-11-13-15-17-18-19-20-21-22-23-24-26-28-30-32-34-36-42(50)47-39(38-54-46-45(53)44(52)43(51)41(37-48)55-46)40(49)35-33-31-29-27-25-16-14-12-10-8-6-4-2/h33,35,39-41,43-46,48-49,51-53H,3-32,34,36-38H2,1-2H3,(H,47,50)/b35-33+. The van der Waals surface area contributed by atoms with E-state index in [0.29, 0.717) is 6.42 Å². The number of allylic oxidation sites excluding steroid dienone is 1. The lowest BCUT2D eigenvalue weighted by Gasteiger charge is -2.40. The van der Waals surface area contributed by atoms with Crippen molar-refractivity contribution in [3.05, 3.63) is 12.2 Å². The van der Waals surface area contributed by atoms with E-state index in [1.807, 2.05) is 6.08 Å². The highest BCUT2D eigenvalue weighted by atomic mass is 16.7. The van der Waals surface area contributed by atoms with Gasteiger partial charge in [-0.25, -0.2) is 0 Å². The van der Waals surface area contributed by atoms with Gasteiger partial charge in [0.05, 0.1) is 25.4 Å². The SMILES string of the molecule is CCCCCCCCCCCC/C=C/C(O)C(COC1OC(CO)C(O)C(O)C1O)NC(=O)CCCCCCCCCCCCCCCCCCCCCC. The van der Waals surface area contributed by atoms with Crippen LogP contribution in [-0.2, 0) is 14.3 Å². The summed E-state index contributed by atoms with van der Waals surface area (Å²) in [6, 6.07) is -0.797. The van der Waals surface area contributed by atoms with Crippen molar-refractivity contribution in [3.63, 3.8) is 0 Å². The van der Waals surface area contributed by atoms with Crippen molar-refractivity contribution in [2.45, 2.75) is 262 Å². The monoisotopic (exact) mass is 784 g/mol. The first-order chi connectivity index (χ1) is 26.8. The molecule has 55 heavy (non-hydrogen) atoms. The van der Waals surface area contributed by atoms with Crippen molar-refractivity contribution in [2.75, 3.05) is 13.2 Å². The molecule has 1 aliphatic heterocycles. The van der Waals surface area contributed by atoms with Crippen molar-refractivity contribution >= 4 is 5.91 Å². The number of carbonyl (C=O) groups is 1. The maximum atomic E-state index is 12.9. The number of aliphatic hydroxyl groups excluding tert-OH is 5. The average molecular weight is 784 g/mol. The first-order valence-electron chi connectivity index (χ1n) is 23.4. The Balaban J connectivity index is 2.29. The second-order valence-electron chi connectivity index (χ2n) is 16.6. The Kier molecular flexibility index (Phi) is 35.2. The molecule has 326 valence electrons. The Hall–Kier alpha value is -1.07. The fourth-order valence-electron chi connectivity index (χ4n) is 7.57. The molecular weight excluding hydrogens is 695 g/mol. The van der Waals surface area contributed by atoms with E-state index < -0.39 is 49.5 Å². The Morgan fingerprint density at radius 3 is 1.42 bits per heavy atom. The van der Waals surface area contributed by atoms with Gasteiger partial charge < -0.3 is 40.3 Å². The maximum Gasteiger partial charge on any atom is 0.220 e. The highest BCUT2D eigenvalue weighted by molar-refractivity contribution is 5.76. The summed E-state index contributed by atoms with van der Waals surface area (Å²) in [5.74, 6) is -0.174. The number of ether oxygens (including phenoxy) is 2. The number of nitrogens with one attached hydrogen (secondary N) is 1. The van der Waals surface area contributed by atoms with Gasteiger partial charge in [0.1, 0.15) is 24.4 Å². The summed E-state index contributed by atoms with van der Waals surface area (Å²) in [4.78, 5) is 12.9. The van der Waals surface area contributed by atoms with Crippen LogP contribution in [0.3, 0.4) is 0 Å². The van der Waals surface area contributed by atoms with Crippen LogP contribution in [0.25, 0.3) is 0 Å². The second kappa shape index (κ2) is 37.2. The van der Waals surface area contributed by atoms with Crippen molar-refractivity contribution in [3.8, 4) is 0 Å². The van der Waals surface area contributed by atoms with Crippen molar-refractivity contribution < 1.29 is 39.8 Å². The molecular formula is C46H89NO8. The van der Waals surface area contributed by atoms with Crippen LogP contribution >= 0.6 is 0 Å². The van der Waals surface area contributed by atoms with Gasteiger partial charge in [0.2, 0.25) is 5.91 Å². The Bertz CT molecular complexity index is 873. The molecule has 0 aliphatic carbocycles. The van der Waals surface area contributed by atoms with Crippen LogP contribution in [0.5, 0.6) is 0 Å². The zero-order chi connectivity index (χ0) is 40.2. The minimum Gasteiger partial charge on any atom is -0.394 e. The molecule has 6 N–H and O–H groups in total. The van der Waals surface area contributed by atoms with Crippen LogP contribution in [0.4, 0.5) is 0 Å².